The quantitative estimate of drug-likeness (QED) is 0.819. The lowest BCUT2D eigenvalue weighted by molar-refractivity contribution is -0.117. The van der Waals surface area contributed by atoms with Crippen molar-refractivity contribution < 1.29 is 18.5 Å². The van der Waals surface area contributed by atoms with Crippen LogP contribution in [0.3, 0.4) is 0 Å². The van der Waals surface area contributed by atoms with Gasteiger partial charge in [-0.3, -0.25) is 4.21 Å². The van der Waals surface area contributed by atoms with Crippen LogP contribution in [-0.2, 0) is 15.6 Å². The SMILES string of the molecule is CC(=O)CCCS(=O)c1ccc2c(c1)OCCO2. The molecule has 2 rings (SSSR count). The summed E-state index contributed by atoms with van der Waals surface area (Å²) in [6, 6.07) is 5.34. The summed E-state index contributed by atoms with van der Waals surface area (Å²) in [7, 11) is -1.09. The second kappa shape index (κ2) is 6.00. The highest BCUT2D eigenvalue weighted by atomic mass is 32.2. The number of ketones is 1. The molecule has 0 fully saturated rings. The van der Waals surface area contributed by atoms with E-state index in [0.29, 0.717) is 43.3 Å². The van der Waals surface area contributed by atoms with Crippen molar-refractivity contribution in [1.82, 2.24) is 0 Å². The summed E-state index contributed by atoms with van der Waals surface area (Å²) in [4.78, 5) is 11.5. The van der Waals surface area contributed by atoms with Crippen molar-refractivity contribution in [2.24, 2.45) is 0 Å². The van der Waals surface area contributed by atoms with Crippen LogP contribution in [0.2, 0.25) is 0 Å². The number of hydrogen-bond acceptors (Lipinski definition) is 4. The lowest BCUT2D eigenvalue weighted by atomic mass is 10.3. The number of benzene rings is 1. The lowest BCUT2D eigenvalue weighted by Gasteiger charge is -2.18. The third-order valence-electron chi connectivity index (χ3n) is 2.64. The van der Waals surface area contributed by atoms with Crippen molar-refractivity contribution in [2.75, 3.05) is 19.0 Å². The molecule has 1 unspecified atom stereocenters. The Kier molecular flexibility index (Phi) is 4.36. The van der Waals surface area contributed by atoms with Crippen LogP contribution in [0.4, 0.5) is 0 Å². The second-order valence-corrected chi connectivity index (χ2v) is 5.73. The normalized spacial score (nSPS) is 15.2. The van der Waals surface area contributed by atoms with Gasteiger partial charge < -0.3 is 14.3 Å². The summed E-state index contributed by atoms with van der Waals surface area (Å²) in [5.41, 5.74) is 0. The van der Waals surface area contributed by atoms with E-state index >= 15 is 0 Å². The van der Waals surface area contributed by atoms with Crippen LogP contribution in [0.25, 0.3) is 0 Å². The van der Waals surface area contributed by atoms with E-state index in [1.54, 1.807) is 25.1 Å². The van der Waals surface area contributed by atoms with Crippen LogP contribution in [0.15, 0.2) is 23.1 Å². The maximum Gasteiger partial charge on any atom is 0.162 e. The van der Waals surface area contributed by atoms with Crippen LogP contribution in [0.1, 0.15) is 19.8 Å². The molecule has 0 saturated heterocycles. The lowest BCUT2D eigenvalue weighted by Crippen LogP contribution is -2.15. The topological polar surface area (TPSA) is 52.6 Å². The number of fused-ring (bicyclic) bond motifs is 1. The number of ether oxygens (including phenoxy) is 2. The van der Waals surface area contributed by atoms with Crippen molar-refractivity contribution in [3.05, 3.63) is 18.2 Å². The maximum atomic E-state index is 12.0. The number of carbonyl (C=O) groups excluding carboxylic acids is 1. The largest absolute Gasteiger partial charge is 0.486 e. The Hall–Kier alpha value is -1.36. The van der Waals surface area contributed by atoms with E-state index in [-0.39, 0.29) is 5.78 Å². The molecule has 0 spiro atoms. The molecule has 1 heterocycles. The van der Waals surface area contributed by atoms with Gasteiger partial charge in [-0.05, 0) is 25.5 Å². The van der Waals surface area contributed by atoms with Crippen molar-refractivity contribution in [3.8, 4) is 11.5 Å². The molecule has 1 atom stereocenters. The Morgan fingerprint density at radius 1 is 1.28 bits per heavy atom. The molecule has 0 aliphatic carbocycles. The fourth-order valence-corrected chi connectivity index (χ4v) is 2.84. The van der Waals surface area contributed by atoms with Crippen molar-refractivity contribution >= 4 is 16.6 Å². The van der Waals surface area contributed by atoms with Gasteiger partial charge in [-0.25, -0.2) is 0 Å². The van der Waals surface area contributed by atoms with Gasteiger partial charge in [0, 0.05) is 23.1 Å². The molecule has 0 amide bonds. The van der Waals surface area contributed by atoms with E-state index in [9.17, 15) is 9.00 Å². The van der Waals surface area contributed by atoms with Gasteiger partial charge in [0.25, 0.3) is 0 Å². The Bertz CT molecular complexity index is 470. The molecule has 98 valence electrons. The fourth-order valence-electron chi connectivity index (χ4n) is 1.74. The van der Waals surface area contributed by atoms with Crippen molar-refractivity contribution in [2.45, 2.75) is 24.7 Å². The molecule has 1 aromatic rings. The molecule has 4 nitrogen and oxygen atoms in total. The molecule has 18 heavy (non-hydrogen) atoms. The second-order valence-electron chi connectivity index (χ2n) is 4.16. The van der Waals surface area contributed by atoms with E-state index in [0.717, 1.165) is 4.90 Å². The van der Waals surface area contributed by atoms with Crippen LogP contribution in [0.5, 0.6) is 11.5 Å². The summed E-state index contributed by atoms with van der Waals surface area (Å²) in [5.74, 6) is 1.98. The van der Waals surface area contributed by atoms with Crippen molar-refractivity contribution in [1.29, 1.82) is 0 Å². The summed E-state index contributed by atoms with van der Waals surface area (Å²) in [5, 5.41) is 0. The fraction of sp³-hybridized carbons (Fsp3) is 0.462. The monoisotopic (exact) mass is 268 g/mol. The number of carbonyl (C=O) groups is 1. The summed E-state index contributed by atoms with van der Waals surface area (Å²) in [6.07, 6.45) is 1.13. The van der Waals surface area contributed by atoms with E-state index < -0.39 is 10.8 Å². The smallest absolute Gasteiger partial charge is 0.162 e. The minimum atomic E-state index is -1.09. The van der Waals surface area contributed by atoms with Crippen LogP contribution >= 0.6 is 0 Å². The molecule has 5 heteroatoms. The zero-order valence-corrected chi connectivity index (χ0v) is 11.1. The highest BCUT2D eigenvalue weighted by Crippen LogP contribution is 2.31. The molecule has 1 aromatic carbocycles. The van der Waals surface area contributed by atoms with Gasteiger partial charge in [0.1, 0.15) is 19.0 Å². The molecule has 0 bridgehead atoms. The highest BCUT2D eigenvalue weighted by molar-refractivity contribution is 7.85. The summed E-state index contributed by atoms with van der Waals surface area (Å²) < 4.78 is 22.9. The molecule has 0 aromatic heterocycles. The molecule has 1 aliphatic rings. The van der Waals surface area contributed by atoms with Gasteiger partial charge >= 0.3 is 0 Å². The first-order chi connectivity index (χ1) is 8.66. The maximum absolute atomic E-state index is 12.0. The van der Waals surface area contributed by atoms with Crippen LogP contribution in [-0.4, -0.2) is 29.0 Å². The number of Topliss-reactive ketones (excluding diaryl/α,β-unsaturated/α-hetero) is 1. The molecule has 0 saturated carbocycles. The van der Waals surface area contributed by atoms with Crippen molar-refractivity contribution in [3.63, 3.8) is 0 Å². The molecular weight excluding hydrogens is 252 g/mol. The van der Waals surface area contributed by atoms with Gasteiger partial charge in [0.2, 0.25) is 0 Å². The predicted octanol–water partition coefficient (Wildman–Crippen LogP) is 1.93. The van der Waals surface area contributed by atoms with Gasteiger partial charge in [0.05, 0.1) is 10.8 Å². The third kappa shape index (κ3) is 3.32. The van der Waals surface area contributed by atoms with Gasteiger partial charge in [0.15, 0.2) is 11.5 Å². The van der Waals surface area contributed by atoms with Crippen LogP contribution in [0, 0.1) is 0 Å². The Balaban J connectivity index is 2.00. The zero-order valence-electron chi connectivity index (χ0n) is 10.3. The molecule has 0 radical (unpaired) electrons. The van der Waals surface area contributed by atoms with E-state index in [1.165, 1.54) is 0 Å². The predicted molar refractivity (Wildman–Crippen MR) is 68.6 cm³/mol. The van der Waals surface area contributed by atoms with E-state index in [4.69, 9.17) is 9.47 Å². The van der Waals surface area contributed by atoms with Gasteiger partial charge in [-0.2, -0.15) is 0 Å². The first-order valence-electron chi connectivity index (χ1n) is 5.94. The minimum absolute atomic E-state index is 0.133. The average Bonchev–Trinajstić information content (AvgIpc) is 2.37. The van der Waals surface area contributed by atoms with E-state index in [2.05, 4.69) is 0 Å². The standard InChI is InChI=1S/C13H16O4S/c1-10(14)3-2-8-18(15)11-4-5-12-13(9-11)17-7-6-16-12/h4-5,9H,2-3,6-8H2,1H3. The van der Waals surface area contributed by atoms with Gasteiger partial charge in [-0.15, -0.1) is 0 Å². The summed E-state index contributed by atoms with van der Waals surface area (Å²) in [6.45, 7) is 2.62. The Morgan fingerprint density at radius 3 is 2.72 bits per heavy atom. The average molecular weight is 268 g/mol. The summed E-state index contributed by atoms with van der Waals surface area (Å²) >= 11 is 0. The van der Waals surface area contributed by atoms with Gasteiger partial charge in [-0.1, -0.05) is 0 Å². The third-order valence-corrected chi connectivity index (χ3v) is 4.07. The molecule has 1 aliphatic heterocycles. The first-order valence-corrected chi connectivity index (χ1v) is 7.26. The zero-order chi connectivity index (χ0) is 13.0. The Labute approximate surface area is 109 Å². The number of rotatable bonds is 5. The highest BCUT2D eigenvalue weighted by Gasteiger charge is 2.14. The Morgan fingerprint density at radius 2 is 2.00 bits per heavy atom. The molecule has 0 N–H and O–H groups in total. The first kappa shape index (κ1) is 13.1. The number of hydrogen-bond donors (Lipinski definition) is 0. The van der Waals surface area contributed by atoms with Crippen LogP contribution < -0.4 is 9.47 Å². The minimum Gasteiger partial charge on any atom is -0.486 e. The molecular formula is C13H16O4S. The van der Waals surface area contributed by atoms with E-state index in [1.807, 2.05) is 0 Å².